The standard InChI is InChI=1S/C28H30N3.C28H32N3.C27H30N3.C26H28N3.C24H25N4/c1-18-13-19(2)20(3)23(14-18)28-15-24(22-11-7-8-12-27(22)31(28)4)26-17-29-25(16-30-26)21-9-5-6-10-21;1-18-12-19(2)20(3)23(13-18)27-14-24(22-10-8-9-11-26(22)31(27)7)25-17-29-21(16-30-25)15-28(4,5)6;1-17(2)11-21-15-29-25(16-28-21)24-14-27(23-13-18(3)12-19(4)20(23)5)30(6)26-10-8-7-9-22(24)26;1-16(2)23-14-28-24(15-27-23)22-13-26(21-12-17(3)11-18(4)19(21)5)29(6)25-10-8-7-9-20(22)25;1-14-11-15(2)16(3)20(12-14)23-13-21(24-26-17(4)25-18(5)27-24)19-9-7-8-10-22(19)28(23)6/h7-8,11-17,21H,5-6,9-10H2,1-4H3;8-14,16-17H,15H2,1-7H3;7-10,12-17H,11H2,1-6H3;7-16H,1-6H3;7-13H,1-6H3/q5*+1. The Morgan fingerprint density at radius 2 is 0.557 bits per heavy atom. The lowest BCUT2D eigenvalue weighted by Gasteiger charge is -2.17. The van der Waals surface area contributed by atoms with E-state index in [4.69, 9.17) is 34.9 Å². The zero-order valence-corrected chi connectivity index (χ0v) is 93.0. The second-order valence-corrected chi connectivity index (χ2v) is 43.5. The first-order valence-corrected chi connectivity index (χ1v) is 52.7. The Bertz CT molecular complexity index is 8460. The van der Waals surface area contributed by atoms with Crippen LogP contribution < -0.4 is 22.8 Å². The van der Waals surface area contributed by atoms with E-state index >= 15 is 0 Å². The number of hydrogen-bond donors (Lipinski definition) is 0. The van der Waals surface area contributed by atoms with Gasteiger partial charge in [-0.25, -0.2) is 15.0 Å². The second-order valence-electron chi connectivity index (χ2n) is 43.5. The number of rotatable bonds is 15. The summed E-state index contributed by atoms with van der Waals surface area (Å²) >= 11 is 0. The first kappa shape index (κ1) is 105. The molecule has 16 heteroatoms. The van der Waals surface area contributed by atoms with Crippen molar-refractivity contribution in [1.29, 1.82) is 0 Å². The topological polar surface area (TPSA) is 161 Å². The van der Waals surface area contributed by atoms with Crippen LogP contribution in [-0.4, -0.2) is 54.8 Å². The minimum Gasteiger partial charge on any atom is -0.257 e. The smallest absolute Gasteiger partial charge is 0.213 e. The molecule has 752 valence electrons. The third-order valence-corrected chi connectivity index (χ3v) is 30.1. The number of aromatic nitrogens is 16. The predicted molar refractivity (Wildman–Crippen MR) is 613 cm³/mol. The molecule has 0 saturated heterocycles. The molecule has 149 heavy (non-hydrogen) atoms. The quantitative estimate of drug-likeness (QED) is 0.0898. The maximum atomic E-state index is 4.89. The third kappa shape index (κ3) is 22.7. The zero-order chi connectivity index (χ0) is 106. The van der Waals surface area contributed by atoms with Crippen LogP contribution in [0.3, 0.4) is 0 Å². The van der Waals surface area contributed by atoms with Crippen molar-refractivity contribution in [3.8, 4) is 113 Å². The SMILES string of the molecule is Cc1cc(C)c(C)c(-c2cc(-c3cnc(C(C)C)cn3)c3ccccc3[n+]2C)c1.Cc1cc(C)c(C)c(-c2cc(-c3cnc(C4CCCC4)cn3)c3ccccc3[n+]2C)c1.Cc1cc(C)c(C)c(-c2cc(-c3cnc(CC(C)(C)C)cn3)c3ccccc3[n+]2C)c1.Cc1cc(C)c(C)c(-c2cc(-c3cnc(CC(C)C)cn3)c3ccccc3[n+]2C)c1.Cc1cc(C)c(C)c(-c2cc(-c3nc(C)nc(C)n3)c3ccccc3[n+]2C)c1. The third-order valence-electron chi connectivity index (χ3n) is 30.1. The molecular formula is C133H145N16+5. The molecule has 10 aromatic carbocycles. The normalized spacial score (nSPS) is 12.1. The van der Waals surface area contributed by atoms with E-state index in [9.17, 15) is 0 Å². The Labute approximate surface area is 881 Å². The summed E-state index contributed by atoms with van der Waals surface area (Å²) in [5.41, 5.74) is 51.4. The van der Waals surface area contributed by atoms with Gasteiger partial charge in [0.15, 0.2) is 5.82 Å². The zero-order valence-electron chi connectivity index (χ0n) is 93.0. The molecule has 0 bridgehead atoms. The molecule has 0 N–H and O–H groups in total. The Morgan fingerprint density at radius 1 is 0.282 bits per heavy atom. The van der Waals surface area contributed by atoms with Crippen molar-refractivity contribution in [2.75, 3.05) is 0 Å². The average Bonchev–Trinajstić information content (AvgIpc) is 1.21. The molecule has 16 nitrogen and oxygen atoms in total. The van der Waals surface area contributed by atoms with Crippen LogP contribution in [0.2, 0.25) is 0 Å². The van der Waals surface area contributed by atoms with Gasteiger partial charge in [0.2, 0.25) is 56.1 Å². The molecule has 10 heterocycles. The van der Waals surface area contributed by atoms with E-state index in [1.54, 1.807) is 0 Å². The molecule has 0 atom stereocenters. The number of benzene rings is 10. The summed E-state index contributed by atoms with van der Waals surface area (Å²) in [6, 6.07) is 76.6. The van der Waals surface area contributed by atoms with Crippen molar-refractivity contribution in [2.45, 2.75) is 217 Å². The molecule has 0 aliphatic heterocycles. The lowest BCUT2D eigenvalue weighted by Crippen LogP contribution is -2.32. The molecular weight excluding hydrogens is 1820 g/mol. The molecule has 0 amide bonds. The first-order chi connectivity index (χ1) is 71.2. The van der Waals surface area contributed by atoms with E-state index in [0.29, 0.717) is 17.8 Å². The van der Waals surface area contributed by atoms with Crippen molar-refractivity contribution in [2.24, 2.45) is 46.6 Å². The van der Waals surface area contributed by atoms with E-state index < -0.39 is 0 Å². The van der Waals surface area contributed by atoms with E-state index in [1.165, 1.54) is 203 Å². The van der Waals surface area contributed by atoms with E-state index in [1.807, 2.05) is 63.4 Å². The van der Waals surface area contributed by atoms with Gasteiger partial charge in [0.1, 0.15) is 46.9 Å². The molecule has 1 aliphatic carbocycles. The van der Waals surface area contributed by atoms with Crippen LogP contribution in [-0.2, 0) is 48.1 Å². The lowest BCUT2D eigenvalue weighted by molar-refractivity contribution is -0.633. The number of pyridine rings is 5. The minimum absolute atomic E-state index is 0.192. The maximum absolute atomic E-state index is 4.89. The van der Waals surface area contributed by atoms with Crippen molar-refractivity contribution in [3.05, 3.63) is 380 Å². The van der Waals surface area contributed by atoms with Gasteiger partial charge in [-0.15, -0.1) is 0 Å². The van der Waals surface area contributed by atoms with Crippen LogP contribution in [0.25, 0.3) is 167 Å². The number of para-hydroxylation sites is 5. The summed E-state index contributed by atoms with van der Waals surface area (Å²) in [4.78, 5) is 51.9. The summed E-state index contributed by atoms with van der Waals surface area (Å²) in [5, 5.41) is 5.91. The number of fused-ring (bicyclic) bond motifs is 5. The highest BCUT2D eigenvalue weighted by Crippen LogP contribution is 2.42. The fourth-order valence-electron chi connectivity index (χ4n) is 21.6. The molecule has 0 unspecified atom stereocenters. The fraction of sp³-hybridized carbons (Fsp3) is 0.293. The number of aryl methyl sites for hydroxylation is 17. The second kappa shape index (κ2) is 44.3. The van der Waals surface area contributed by atoms with Crippen molar-refractivity contribution in [1.82, 2.24) is 54.8 Å². The molecule has 1 fully saturated rings. The summed E-state index contributed by atoms with van der Waals surface area (Å²) < 4.78 is 11.4. The van der Waals surface area contributed by atoms with Gasteiger partial charge in [-0.05, 0) is 277 Å². The van der Waals surface area contributed by atoms with Crippen LogP contribution in [0.1, 0.15) is 204 Å². The summed E-state index contributed by atoms with van der Waals surface area (Å²) in [6.07, 6.45) is 22.5. The van der Waals surface area contributed by atoms with Crippen molar-refractivity contribution >= 4 is 54.5 Å². The summed E-state index contributed by atoms with van der Waals surface area (Å²) in [5.74, 6) is 3.73. The van der Waals surface area contributed by atoms with Gasteiger partial charge in [0.05, 0.1) is 97.3 Å². The average molecular weight is 1970 g/mol. The first-order valence-electron chi connectivity index (χ1n) is 52.7. The Morgan fingerprint density at radius 3 is 0.826 bits per heavy atom. The van der Waals surface area contributed by atoms with Crippen LogP contribution in [0.4, 0.5) is 0 Å². The number of hydrogen-bond acceptors (Lipinski definition) is 11. The van der Waals surface area contributed by atoms with Gasteiger partial charge in [0, 0.05) is 147 Å². The molecule has 0 spiro atoms. The van der Waals surface area contributed by atoms with Gasteiger partial charge in [-0.1, -0.05) is 180 Å². The maximum Gasteiger partial charge on any atom is 0.213 e. The Kier molecular flexibility index (Phi) is 31.2. The van der Waals surface area contributed by atoms with Crippen molar-refractivity contribution < 1.29 is 22.8 Å². The van der Waals surface area contributed by atoms with Gasteiger partial charge in [0.25, 0.3) is 0 Å². The monoisotopic (exact) mass is 1970 g/mol. The van der Waals surface area contributed by atoms with Crippen LogP contribution >= 0.6 is 0 Å². The van der Waals surface area contributed by atoms with E-state index in [2.05, 4.69) is 443 Å². The van der Waals surface area contributed by atoms with E-state index in [-0.39, 0.29) is 5.41 Å². The summed E-state index contributed by atoms with van der Waals surface area (Å²) in [7, 11) is 10.7. The Balaban J connectivity index is 0.000000127. The highest BCUT2D eigenvalue weighted by Gasteiger charge is 2.31. The predicted octanol–water partition coefficient (Wildman–Crippen LogP) is 29.1. The molecule has 21 rings (SSSR count). The molecule has 1 aliphatic rings. The minimum atomic E-state index is 0.192. The molecule has 20 aromatic rings. The summed E-state index contributed by atoms with van der Waals surface area (Å²) in [6.45, 7) is 52.0. The van der Waals surface area contributed by atoms with Crippen molar-refractivity contribution in [3.63, 3.8) is 0 Å². The van der Waals surface area contributed by atoms with Gasteiger partial charge in [-0.2, -0.15) is 22.8 Å². The Hall–Kier alpha value is -15.4. The van der Waals surface area contributed by atoms with Gasteiger partial charge in [-0.3, -0.25) is 39.9 Å². The molecule has 10 aromatic heterocycles. The van der Waals surface area contributed by atoms with Crippen LogP contribution in [0.15, 0.2) is 262 Å². The van der Waals surface area contributed by atoms with Crippen LogP contribution in [0.5, 0.6) is 0 Å². The highest BCUT2D eigenvalue weighted by atomic mass is 15.0. The largest absolute Gasteiger partial charge is 0.257 e. The number of nitrogens with zero attached hydrogens (tertiary/aromatic N) is 16. The van der Waals surface area contributed by atoms with E-state index in [0.717, 1.165) is 120 Å². The lowest BCUT2D eigenvalue weighted by atomic mass is 9.91. The fourth-order valence-corrected chi connectivity index (χ4v) is 21.6. The van der Waals surface area contributed by atoms with Crippen LogP contribution in [0, 0.1) is 129 Å². The van der Waals surface area contributed by atoms with Gasteiger partial charge >= 0.3 is 0 Å². The highest BCUT2D eigenvalue weighted by molar-refractivity contribution is 5.98. The molecule has 1 saturated carbocycles. The van der Waals surface area contributed by atoms with Gasteiger partial charge < -0.3 is 0 Å². The molecule has 0 radical (unpaired) electrons.